The topological polar surface area (TPSA) is 32.3 Å². The Hall–Kier alpha value is -1.42. The van der Waals surface area contributed by atoms with Gasteiger partial charge in [0.15, 0.2) is 0 Å². The van der Waals surface area contributed by atoms with Crippen LogP contribution in [0.15, 0.2) is 24.3 Å². The first-order chi connectivity index (χ1) is 9.58. The minimum atomic E-state index is -0.435. The first kappa shape index (κ1) is 13.6. The van der Waals surface area contributed by atoms with Gasteiger partial charge >= 0.3 is 0 Å². The van der Waals surface area contributed by atoms with Crippen molar-refractivity contribution >= 4 is 5.91 Å². The molecule has 0 aromatic heterocycles. The van der Waals surface area contributed by atoms with E-state index < -0.39 is 5.54 Å². The molecule has 1 N–H and O–H groups in total. The van der Waals surface area contributed by atoms with Crippen molar-refractivity contribution < 1.29 is 9.18 Å². The van der Waals surface area contributed by atoms with Gasteiger partial charge in [-0.1, -0.05) is 12.1 Å². The van der Waals surface area contributed by atoms with Crippen molar-refractivity contribution in [3.8, 4) is 0 Å². The lowest BCUT2D eigenvalue weighted by Crippen LogP contribution is -2.53. The number of hydrogen-bond donors (Lipinski definition) is 1. The van der Waals surface area contributed by atoms with Crippen molar-refractivity contribution in [3.63, 3.8) is 0 Å². The van der Waals surface area contributed by atoms with Gasteiger partial charge in [-0.2, -0.15) is 0 Å². The third kappa shape index (κ3) is 2.70. The molecule has 1 heterocycles. The van der Waals surface area contributed by atoms with E-state index >= 15 is 0 Å². The van der Waals surface area contributed by atoms with Gasteiger partial charge in [0.05, 0.1) is 5.54 Å². The summed E-state index contributed by atoms with van der Waals surface area (Å²) in [6.07, 6.45) is 4.06. The number of amides is 1. The van der Waals surface area contributed by atoms with Crippen molar-refractivity contribution in [2.75, 3.05) is 6.54 Å². The highest BCUT2D eigenvalue weighted by molar-refractivity contribution is 5.86. The molecule has 1 aliphatic heterocycles. The van der Waals surface area contributed by atoms with Crippen LogP contribution in [0.4, 0.5) is 4.39 Å². The van der Waals surface area contributed by atoms with E-state index in [4.69, 9.17) is 0 Å². The summed E-state index contributed by atoms with van der Waals surface area (Å²) < 4.78 is 13.3. The summed E-state index contributed by atoms with van der Waals surface area (Å²) in [5, 5.41) is 3.33. The van der Waals surface area contributed by atoms with Crippen LogP contribution in [0.5, 0.6) is 0 Å². The van der Waals surface area contributed by atoms with Gasteiger partial charge in [0.25, 0.3) is 0 Å². The zero-order valence-corrected chi connectivity index (χ0v) is 11.9. The highest BCUT2D eigenvalue weighted by atomic mass is 19.1. The Kier molecular flexibility index (Phi) is 3.50. The van der Waals surface area contributed by atoms with Crippen molar-refractivity contribution in [2.45, 2.75) is 50.7 Å². The quantitative estimate of drug-likeness (QED) is 0.916. The minimum absolute atomic E-state index is 0.168. The lowest BCUT2D eigenvalue weighted by molar-refractivity contribution is -0.138. The van der Waals surface area contributed by atoms with Crippen LogP contribution in [-0.2, 0) is 11.3 Å². The number of rotatable bonds is 4. The number of nitrogens with zero attached hydrogens (tertiary/aromatic N) is 1. The molecular weight excluding hydrogens is 255 g/mol. The maximum Gasteiger partial charge on any atom is 0.243 e. The molecule has 1 atom stereocenters. The molecule has 4 heteroatoms. The molecule has 1 aromatic carbocycles. The molecule has 20 heavy (non-hydrogen) atoms. The Labute approximate surface area is 119 Å². The number of benzene rings is 1. The van der Waals surface area contributed by atoms with Crippen LogP contribution in [0.2, 0.25) is 0 Å². The van der Waals surface area contributed by atoms with Gasteiger partial charge in [-0.15, -0.1) is 0 Å². The summed E-state index contributed by atoms with van der Waals surface area (Å²) in [6.45, 7) is 3.41. The molecule has 3 rings (SSSR count). The van der Waals surface area contributed by atoms with E-state index in [0.717, 1.165) is 37.8 Å². The second kappa shape index (κ2) is 5.17. The van der Waals surface area contributed by atoms with Gasteiger partial charge < -0.3 is 10.2 Å². The number of nitrogens with one attached hydrogen (secondary N) is 1. The molecule has 1 aromatic rings. The van der Waals surface area contributed by atoms with Crippen LogP contribution in [0, 0.1) is 5.82 Å². The molecule has 1 saturated carbocycles. The fourth-order valence-corrected chi connectivity index (χ4v) is 2.98. The molecule has 1 saturated heterocycles. The first-order valence-electron chi connectivity index (χ1n) is 7.39. The lowest BCUT2D eigenvalue weighted by Gasteiger charge is -2.32. The van der Waals surface area contributed by atoms with Crippen LogP contribution in [0.1, 0.15) is 38.2 Å². The van der Waals surface area contributed by atoms with Gasteiger partial charge in [-0.25, -0.2) is 4.39 Å². The third-order valence-electron chi connectivity index (χ3n) is 4.33. The SMILES string of the molecule is CC1(C(=O)N(Cc2cccc(F)c2)C2CC2)CCCN1. The van der Waals surface area contributed by atoms with E-state index in [-0.39, 0.29) is 11.7 Å². The monoisotopic (exact) mass is 276 g/mol. The Morgan fingerprint density at radius 1 is 1.50 bits per heavy atom. The minimum Gasteiger partial charge on any atom is -0.334 e. The Morgan fingerprint density at radius 2 is 2.30 bits per heavy atom. The molecular formula is C16H21FN2O. The number of carbonyl (C=O) groups is 1. The van der Waals surface area contributed by atoms with Crippen molar-refractivity contribution in [1.29, 1.82) is 0 Å². The molecule has 108 valence electrons. The molecule has 1 unspecified atom stereocenters. The van der Waals surface area contributed by atoms with Gasteiger partial charge in [0.2, 0.25) is 5.91 Å². The molecule has 3 nitrogen and oxygen atoms in total. The van der Waals surface area contributed by atoms with Gasteiger partial charge in [0, 0.05) is 12.6 Å². The molecule has 2 fully saturated rings. The molecule has 0 bridgehead atoms. The number of hydrogen-bond acceptors (Lipinski definition) is 2. The van der Waals surface area contributed by atoms with E-state index in [0.29, 0.717) is 12.6 Å². The predicted molar refractivity (Wildman–Crippen MR) is 75.6 cm³/mol. The second-order valence-corrected chi connectivity index (χ2v) is 6.16. The second-order valence-electron chi connectivity index (χ2n) is 6.16. The highest BCUT2D eigenvalue weighted by Crippen LogP contribution is 2.32. The summed E-state index contributed by atoms with van der Waals surface area (Å²) in [6, 6.07) is 6.89. The Bertz CT molecular complexity index is 507. The van der Waals surface area contributed by atoms with Crippen LogP contribution < -0.4 is 5.32 Å². The maximum atomic E-state index is 13.3. The zero-order valence-electron chi connectivity index (χ0n) is 11.9. The summed E-state index contributed by atoms with van der Waals surface area (Å²) in [7, 11) is 0. The summed E-state index contributed by atoms with van der Waals surface area (Å²) in [5.74, 6) is -0.0716. The van der Waals surface area contributed by atoms with Crippen molar-refractivity contribution in [2.24, 2.45) is 0 Å². The Morgan fingerprint density at radius 3 is 2.90 bits per heavy atom. The van der Waals surface area contributed by atoms with Gasteiger partial charge in [-0.3, -0.25) is 4.79 Å². The van der Waals surface area contributed by atoms with Crippen molar-refractivity contribution in [1.82, 2.24) is 10.2 Å². The number of halogens is 1. The smallest absolute Gasteiger partial charge is 0.243 e. The zero-order chi connectivity index (χ0) is 14.2. The lowest BCUT2D eigenvalue weighted by atomic mass is 9.98. The standard InChI is InChI=1S/C16H21FN2O/c1-16(8-3-9-18-16)15(20)19(14-6-7-14)11-12-4-2-5-13(17)10-12/h2,4-5,10,14,18H,3,6-9,11H2,1H3. The van der Waals surface area contributed by atoms with Crippen molar-refractivity contribution in [3.05, 3.63) is 35.6 Å². The molecule has 1 aliphatic carbocycles. The normalized spacial score (nSPS) is 25.7. The van der Waals surface area contributed by atoms with Crippen LogP contribution in [0.25, 0.3) is 0 Å². The largest absolute Gasteiger partial charge is 0.334 e. The summed E-state index contributed by atoms with van der Waals surface area (Å²) in [5.41, 5.74) is 0.433. The predicted octanol–water partition coefficient (Wildman–Crippen LogP) is 2.46. The average Bonchev–Trinajstić information content (AvgIpc) is 3.17. The van der Waals surface area contributed by atoms with E-state index in [1.807, 2.05) is 17.9 Å². The highest BCUT2D eigenvalue weighted by Gasteiger charge is 2.43. The van der Waals surface area contributed by atoms with Crippen LogP contribution in [-0.4, -0.2) is 28.9 Å². The fourth-order valence-electron chi connectivity index (χ4n) is 2.98. The van der Waals surface area contributed by atoms with E-state index in [1.165, 1.54) is 12.1 Å². The van der Waals surface area contributed by atoms with Gasteiger partial charge in [-0.05, 0) is 56.8 Å². The number of carbonyl (C=O) groups excluding carboxylic acids is 1. The maximum absolute atomic E-state index is 13.3. The molecule has 1 amide bonds. The van der Waals surface area contributed by atoms with Crippen LogP contribution >= 0.6 is 0 Å². The van der Waals surface area contributed by atoms with E-state index in [9.17, 15) is 9.18 Å². The average molecular weight is 276 g/mol. The molecule has 2 aliphatic rings. The molecule has 0 radical (unpaired) electrons. The van der Waals surface area contributed by atoms with Crippen LogP contribution in [0.3, 0.4) is 0 Å². The first-order valence-corrected chi connectivity index (χ1v) is 7.39. The summed E-state index contributed by atoms with van der Waals surface area (Å²) >= 11 is 0. The fraction of sp³-hybridized carbons (Fsp3) is 0.562. The third-order valence-corrected chi connectivity index (χ3v) is 4.33. The summed E-state index contributed by atoms with van der Waals surface area (Å²) in [4.78, 5) is 14.7. The van der Waals surface area contributed by atoms with E-state index in [2.05, 4.69) is 5.32 Å². The molecule has 0 spiro atoms. The van der Waals surface area contributed by atoms with E-state index in [1.54, 1.807) is 6.07 Å². The van der Waals surface area contributed by atoms with Gasteiger partial charge in [0.1, 0.15) is 5.82 Å². The Balaban J connectivity index is 1.77.